The fourth-order valence-electron chi connectivity index (χ4n) is 0.812. The Bertz CT molecular complexity index is 372. The van der Waals surface area contributed by atoms with Gasteiger partial charge < -0.3 is 0 Å². The number of hydrogen-bond donors (Lipinski definition) is 1. The van der Waals surface area contributed by atoms with Gasteiger partial charge in [-0.15, -0.1) is 0 Å². The topological polar surface area (TPSA) is 54.4 Å². The predicted molar refractivity (Wildman–Crippen MR) is 46.7 cm³/mol. The van der Waals surface area contributed by atoms with Crippen molar-refractivity contribution in [2.24, 2.45) is 0 Å². The van der Waals surface area contributed by atoms with Gasteiger partial charge in [-0.25, -0.2) is 0 Å². The zero-order valence-electron chi connectivity index (χ0n) is 6.07. The molecule has 0 heterocycles. The van der Waals surface area contributed by atoms with E-state index < -0.39 is 15.9 Å². The second kappa shape index (κ2) is 3.43. The highest BCUT2D eigenvalue weighted by Crippen LogP contribution is 2.16. The van der Waals surface area contributed by atoms with Gasteiger partial charge in [0, 0.05) is 5.02 Å². The lowest BCUT2D eigenvalue weighted by Gasteiger charge is -1.99. The molecule has 12 heavy (non-hydrogen) atoms. The van der Waals surface area contributed by atoms with Crippen LogP contribution in [0.25, 0.3) is 0 Å². The smallest absolute Gasteiger partial charge is 0.269 e. The van der Waals surface area contributed by atoms with Crippen molar-refractivity contribution >= 4 is 21.7 Å². The molecule has 1 N–H and O–H groups in total. The van der Waals surface area contributed by atoms with Crippen LogP contribution in [-0.2, 0) is 15.9 Å². The highest BCUT2D eigenvalue weighted by atomic mass is 35.5. The van der Waals surface area contributed by atoms with Crippen molar-refractivity contribution in [2.45, 2.75) is 5.75 Å². The van der Waals surface area contributed by atoms with Crippen molar-refractivity contribution in [3.63, 3.8) is 0 Å². The second-order valence-electron chi connectivity index (χ2n) is 2.32. The van der Waals surface area contributed by atoms with Gasteiger partial charge in [-0.3, -0.25) is 4.55 Å². The van der Waals surface area contributed by atoms with E-state index in [0.717, 1.165) is 0 Å². The van der Waals surface area contributed by atoms with E-state index >= 15 is 0 Å². The van der Waals surface area contributed by atoms with E-state index in [1.165, 1.54) is 0 Å². The van der Waals surface area contributed by atoms with Crippen molar-refractivity contribution in [3.8, 4) is 0 Å². The molecule has 1 aromatic carbocycles. The van der Waals surface area contributed by atoms with Gasteiger partial charge >= 0.3 is 0 Å². The van der Waals surface area contributed by atoms with E-state index in [-0.39, 0.29) is 0 Å². The Morgan fingerprint density at radius 3 is 2.42 bits per heavy atom. The third-order valence-electron chi connectivity index (χ3n) is 1.30. The van der Waals surface area contributed by atoms with E-state index in [1.54, 1.807) is 24.3 Å². The van der Waals surface area contributed by atoms with Crippen LogP contribution in [0.4, 0.5) is 0 Å². The van der Waals surface area contributed by atoms with Crippen molar-refractivity contribution in [1.82, 2.24) is 0 Å². The first-order chi connectivity index (χ1) is 5.49. The fraction of sp³-hybridized carbons (Fsp3) is 0.143. The summed E-state index contributed by atoms with van der Waals surface area (Å²) in [7, 11) is -3.98. The maximum atomic E-state index is 10.4. The Morgan fingerprint density at radius 1 is 1.33 bits per heavy atom. The Balaban J connectivity index is 2.98. The molecular formula is C7H7ClO3S. The molecule has 5 heteroatoms. The summed E-state index contributed by atoms with van der Waals surface area (Å²) < 4.78 is 29.4. The summed E-state index contributed by atoms with van der Waals surface area (Å²) in [5, 5.41) is 0.343. The minimum Gasteiger partial charge on any atom is -0.285 e. The second-order valence-corrected chi connectivity index (χ2v) is 4.18. The fourth-order valence-corrected chi connectivity index (χ4v) is 1.74. The summed E-state index contributed by atoms with van der Waals surface area (Å²) in [6.07, 6.45) is 0. The van der Waals surface area contributed by atoms with Crippen LogP contribution in [0, 0.1) is 0 Å². The Labute approximate surface area is 75.7 Å². The molecule has 0 saturated heterocycles. The largest absolute Gasteiger partial charge is 0.285 e. The summed E-state index contributed by atoms with van der Waals surface area (Å²) >= 11 is 5.65. The van der Waals surface area contributed by atoms with Crippen LogP contribution in [0.3, 0.4) is 0 Å². The number of hydrogen-bond acceptors (Lipinski definition) is 2. The average Bonchev–Trinajstić information content (AvgIpc) is 1.91. The Hall–Kier alpha value is -0.580. The zero-order valence-corrected chi connectivity index (χ0v) is 7.64. The van der Waals surface area contributed by atoms with E-state index in [0.29, 0.717) is 10.6 Å². The van der Waals surface area contributed by atoms with Gasteiger partial charge in [0.05, 0.1) is 0 Å². The maximum absolute atomic E-state index is 10.4. The summed E-state index contributed by atoms with van der Waals surface area (Å²) in [5.74, 6) is -0.438. The number of rotatable bonds is 2. The van der Waals surface area contributed by atoms with Gasteiger partial charge in [0.1, 0.15) is 5.75 Å². The van der Waals surface area contributed by atoms with Gasteiger partial charge in [0.15, 0.2) is 0 Å². The summed E-state index contributed by atoms with van der Waals surface area (Å²) in [6, 6.07) is 6.47. The van der Waals surface area contributed by atoms with Crippen LogP contribution in [0.5, 0.6) is 0 Å². The molecule has 0 amide bonds. The molecule has 0 saturated carbocycles. The standard InChI is InChI=1S/C7H7ClO3S/c8-7-4-2-1-3-6(7)5-12(9,10)11/h1-4H,5H2,(H,9,10,11). The van der Waals surface area contributed by atoms with Crippen molar-refractivity contribution in [3.05, 3.63) is 34.9 Å². The molecule has 0 aliphatic rings. The van der Waals surface area contributed by atoms with Crippen LogP contribution in [-0.4, -0.2) is 13.0 Å². The molecule has 3 nitrogen and oxygen atoms in total. The van der Waals surface area contributed by atoms with E-state index in [4.69, 9.17) is 16.2 Å². The molecule has 0 aliphatic carbocycles. The molecule has 1 rings (SSSR count). The molecule has 1 aromatic rings. The number of benzene rings is 1. The minimum atomic E-state index is -3.98. The quantitative estimate of drug-likeness (QED) is 0.750. The van der Waals surface area contributed by atoms with Crippen LogP contribution in [0.2, 0.25) is 5.02 Å². The molecule has 0 fully saturated rings. The lowest BCUT2D eigenvalue weighted by Crippen LogP contribution is -2.01. The molecule has 0 aromatic heterocycles. The van der Waals surface area contributed by atoms with Crippen molar-refractivity contribution in [2.75, 3.05) is 0 Å². The van der Waals surface area contributed by atoms with Crippen LogP contribution >= 0.6 is 11.6 Å². The van der Waals surface area contributed by atoms with Crippen LogP contribution in [0.1, 0.15) is 5.56 Å². The molecule has 0 spiro atoms. The zero-order chi connectivity index (χ0) is 9.19. The van der Waals surface area contributed by atoms with E-state index in [2.05, 4.69) is 0 Å². The Kier molecular flexibility index (Phi) is 2.72. The summed E-state index contributed by atoms with van der Waals surface area (Å²) in [4.78, 5) is 0. The van der Waals surface area contributed by atoms with Crippen LogP contribution < -0.4 is 0 Å². The molecular weight excluding hydrogens is 200 g/mol. The SMILES string of the molecule is O=S(=O)(O)Cc1ccccc1Cl. The number of halogens is 1. The molecule has 0 aliphatic heterocycles. The van der Waals surface area contributed by atoms with E-state index in [9.17, 15) is 8.42 Å². The monoisotopic (exact) mass is 206 g/mol. The first kappa shape index (κ1) is 9.51. The van der Waals surface area contributed by atoms with Crippen molar-refractivity contribution in [1.29, 1.82) is 0 Å². The van der Waals surface area contributed by atoms with E-state index in [1.807, 2.05) is 0 Å². The van der Waals surface area contributed by atoms with Gasteiger partial charge in [0.25, 0.3) is 10.1 Å². The van der Waals surface area contributed by atoms with Crippen molar-refractivity contribution < 1.29 is 13.0 Å². The molecule has 0 bridgehead atoms. The molecule has 66 valence electrons. The third-order valence-corrected chi connectivity index (χ3v) is 2.34. The highest BCUT2D eigenvalue weighted by molar-refractivity contribution is 7.85. The normalized spacial score (nSPS) is 11.5. The lowest BCUT2D eigenvalue weighted by molar-refractivity contribution is 0.482. The highest BCUT2D eigenvalue weighted by Gasteiger charge is 2.08. The lowest BCUT2D eigenvalue weighted by atomic mass is 10.2. The first-order valence-electron chi connectivity index (χ1n) is 3.17. The van der Waals surface area contributed by atoms with Gasteiger partial charge in [-0.05, 0) is 11.6 Å². The molecule has 0 atom stereocenters. The Morgan fingerprint density at radius 2 is 1.92 bits per heavy atom. The van der Waals surface area contributed by atoms with Gasteiger partial charge in [0.2, 0.25) is 0 Å². The maximum Gasteiger partial charge on any atom is 0.269 e. The van der Waals surface area contributed by atoms with Gasteiger partial charge in [-0.2, -0.15) is 8.42 Å². The molecule has 0 radical (unpaired) electrons. The van der Waals surface area contributed by atoms with Crippen LogP contribution in [0.15, 0.2) is 24.3 Å². The summed E-state index contributed by atoms with van der Waals surface area (Å²) in [5.41, 5.74) is 0.404. The predicted octanol–water partition coefficient (Wildman–Crippen LogP) is 1.73. The van der Waals surface area contributed by atoms with Gasteiger partial charge in [-0.1, -0.05) is 29.8 Å². The average molecular weight is 207 g/mol. The first-order valence-corrected chi connectivity index (χ1v) is 5.16. The minimum absolute atomic E-state index is 0.343. The third kappa shape index (κ3) is 2.81. The summed E-state index contributed by atoms with van der Waals surface area (Å²) in [6.45, 7) is 0. The molecule has 0 unspecified atom stereocenters.